The number of amides is 2. The van der Waals surface area contributed by atoms with Gasteiger partial charge in [-0.1, -0.05) is 67.6 Å². The lowest BCUT2D eigenvalue weighted by Gasteiger charge is -2.21. The molecular formula is C25H24FN5O2S. The van der Waals surface area contributed by atoms with Crippen LogP contribution in [0.2, 0.25) is 0 Å². The lowest BCUT2D eigenvalue weighted by Crippen LogP contribution is -2.47. The monoisotopic (exact) mass is 477 g/mol. The van der Waals surface area contributed by atoms with Gasteiger partial charge in [-0.05, 0) is 18.1 Å². The van der Waals surface area contributed by atoms with Gasteiger partial charge in [0.25, 0.3) is 5.91 Å². The Morgan fingerprint density at radius 1 is 1.06 bits per heavy atom. The molecule has 0 saturated carbocycles. The first-order chi connectivity index (χ1) is 16.3. The summed E-state index contributed by atoms with van der Waals surface area (Å²) >= 11 is 1.30. The molecule has 0 aliphatic carbocycles. The zero-order chi connectivity index (χ0) is 24.2. The molecule has 9 heteroatoms. The van der Waals surface area contributed by atoms with Crippen molar-refractivity contribution in [2.75, 3.05) is 5.32 Å². The van der Waals surface area contributed by atoms with Crippen LogP contribution in [0.3, 0.4) is 0 Å². The maximum atomic E-state index is 14.0. The van der Waals surface area contributed by atoms with Gasteiger partial charge in [-0.3, -0.25) is 9.59 Å². The molecule has 2 heterocycles. The van der Waals surface area contributed by atoms with E-state index in [0.717, 1.165) is 16.3 Å². The fourth-order valence-electron chi connectivity index (χ4n) is 3.48. The Kier molecular flexibility index (Phi) is 6.83. The number of benzene rings is 2. The summed E-state index contributed by atoms with van der Waals surface area (Å²) in [6.07, 6.45) is 3.55. The normalized spacial score (nSPS) is 11.9. The average molecular weight is 478 g/mol. The van der Waals surface area contributed by atoms with Gasteiger partial charge in [0.15, 0.2) is 11.0 Å². The molecule has 0 fully saturated rings. The highest BCUT2D eigenvalue weighted by atomic mass is 32.1. The van der Waals surface area contributed by atoms with Crippen LogP contribution in [0.4, 0.5) is 9.52 Å². The van der Waals surface area contributed by atoms with E-state index in [1.54, 1.807) is 12.3 Å². The second-order valence-electron chi connectivity index (χ2n) is 8.09. The molecule has 4 rings (SSSR count). The molecule has 174 valence electrons. The van der Waals surface area contributed by atoms with Crippen molar-refractivity contribution in [1.29, 1.82) is 0 Å². The van der Waals surface area contributed by atoms with E-state index in [1.165, 1.54) is 29.5 Å². The molecule has 0 saturated heterocycles. The van der Waals surface area contributed by atoms with Crippen molar-refractivity contribution in [3.63, 3.8) is 0 Å². The number of hydrogen-bond acceptors (Lipinski definition) is 5. The van der Waals surface area contributed by atoms with Crippen molar-refractivity contribution in [3.05, 3.63) is 78.4 Å². The number of imidazole rings is 1. The van der Waals surface area contributed by atoms with Crippen LogP contribution in [0.1, 0.15) is 24.2 Å². The first-order valence-electron chi connectivity index (χ1n) is 10.8. The van der Waals surface area contributed by atoms with E-state index in [0.29, 0.717) is 10.8 Å². The third kappa shape index (κ3) is 4.89. The van der Waals surface area contributed by atoms with Gasteiger partial charge >= 0.3 is 0 Å². The lowest BCUT2D eigenvalue weighted by molar-refractivity contribution is -0.118. The summed E-state index contributed by atoms with van der Waals surface area (Å²) in [5.74, 6) is -1.23. The Morgan fingerprint density at radius 2 is 1.76 bits per heavy atom. The molecule has 0 aliphatic heterocycles. The van der Waals surface area contributed by atoms with Crippen LogP contribution < -0.4 is 10.6 Å². The molecule has 1 atom stereocenters. The number of aryl methyl sites for hydroxylation is 1. The number of nitrogens with one attached hydrogen (secondary N) is 2. The highest BCUT2D eigenvalue weighted by molar-refractivity contribution is 7.19. The van der Waals surface area contributed by atoms with Gasteiger partial charge in [-0.25, -0.2) is 14.4 Å². The molecule has 0 aliphatic rings. The second kappa shape index (κ2) is 9.96. The fraction of sp³-hybridized carbons (Fsp3) is 0.200. The van der Waals surface area contributed by atoms with Crippen molar-refractivity contribution in [3.8, 4) is 22.0 Å². The maximum Gasteiger partial charge on any atom is 0.254 e. The summed E-state index contributed by atoms with van der Waals surface area (Å²) in [5.41, 5.74) is 1.48. The number of halogens is 1. The van der Waals surface area contributed by atoms with Crippen molar-refractivity contribution >= 4 is 28.3 Å². The molecule has 0 bridgehead atoms. The maximum absolute atomic E-state index is 14.0. The van der Waals surface area contributed by atoms with Crippen LogP contribution in [-0.2, 0) is 11.8 Å². The minimum Gasteiger partial charge on any atom is -0.340 e. The van der Waals surface area contributed by atoms with Crippen LogP contribution in [-0.4, -0.2) is 32.4 Å². The molecule has 2 aromatic carbocycles. The Hall–Kier alpha value is -3.85. The van der Waals surface area contributed by atoms with Crippen molar-refractivity contribution in [2.45, 2.75) is 19.9 Å². The standard InChI is InChI=1S/C25H24FN5O2S/c1-15(2)19(28-23(32)17-11-7-8-12-18(17)26)24(33)30-25-29-20(16-9-5-4-6-10-16)21(34-25)22-27-13-14-31(22)3/h4-15,19H,1-3H3,(H,28,32)(H,29,30,33). The van der Waals surface area contributed by atoms with Gasteiger partial charge in [0.1, 0.15) is 11.9 Å². The molecule has 4 aromatic rings. The quantitative estimate of drug-likeness (QED) is 0.402. The Morgan fingerprint density at radius 3 is 2.41 bits per heavy atom. The molecular weight excluding hydrogens is 453 g/mol. The van der Waals surface area contributed by atoms with E-state index in [1.807, 2.05) is 62.0 Å². The summed E-state index contributed by atoms with van der Waals surface area (Å²) in [6, 6.07) is 14.4. The number of hydrogen-bond donors (Lipinski definition) is 2. The molecule has 1 unspecified atom stereocenters. The number of anilines is 1. The van der Waals surface area contributed by atoms with E-state index in [4.69, 9.17) is 0 Å². The van der Waals surface area contributed by atoms with Crippen molar-refractivity contribution in [2.24, 2.45) is 13.0 Å². The fourth-order valence-corrected chi connectivity index (χ4v) is 4.51. The third-order valence-electron chi connectivity index (χ3n) is 5.28. The molecule has 34 heavy (non-hydrogen) atoms. The number of thiazole rings is 1. The number of aromatic nitrogens is 3. The lowest BCUT2D eigenvalue weighted by atomic mass is 10.0. The van der Waals surface area contributed by atoms with Gasteiger partial charge in [0.05, 0.1) is 16.1 Å². The Balaban J connectivity index is 1.61. The van der Waals surface area contributed by atoms with Gasteiger partial charge < -0.3 is 15.2 Å². The second-order valence-corrected chi connectivity index (χ2v) is 9.09. The minimum atomic E-state index is -0.882. The van der Waals surface area contributed by atoms with E-state index in [2.05, 4.69) is 20.6 Å². The predicted molar refractivity (Wildman–Crippen MR) is 131 cm³/mol. The van der Waals surface area contributed by atoms with Crippen molar-refractivity contribution < 1.29 is 14.0 Å². The SMILES string of the molecule is CC(C)C(NC(=O)c1ccccc1F)C(=O)Nc1nc(-c2ccccc2)c(-c2nccn2C)s1. The largest absolute Gasteiger partial charge is 0.340 e. The Bertz CT molecular complexity index is 1320. The molecule has 2 amide bonds. The van der Waals surface area contributed by atoms with Crippen LogP contribution in [0.25, 0.3) is 22.0 Å². The van der Waals surface area contributed by atoms with E-state index >= 15 is 0 Å². The van der Waals surface area contributed by atoms with Gasteiger partial charge in [-0.2, -0.15) is 0 Å². The zero-order valence-electron chi connectivity index (χ0n) is 18.9. The molecule has 2 aromatic heterocycles. The first kappa shape index (κ1) is 23.3. The first-order valence-corrected chi connectivity index (χ1v) is 11.6. The van der Waals surface area contributed by atoms with Crippen LogP contribution >= 0.6 is 11.3 Å². The van der Waals surface area contributed by atoms with E-state index in [-0.39, 0.29) is 11.5 Å². The molecule has 2 N–H and O–H groups in total. The molecule has 0 radical (unpaired) electrons. The van der Waals surface area contributed by atoms with Crippen molar-refractivity contribution in [1.82, 2.24) is 19.9 Å². The molecule has 0 spiro atoms. The number of rotatable bonds is 7. The predicted octanol–water partition coefficient (Wildman–Crippen LogP) is 4.74. The topological polar surface area (TPSA) is 88.9 Å². The summed E-state index contributed by atoms with van der Waals surface area (Å²) < 4.78 is 15.9. The van der Waals surface area contributed by atoms with Gasteiger partial charge in [0, 0.05) is 25.0 Å². The number of carbonyl (C=O) groups excluding carboxylic acids is 2. The van der Waals surface area contributed by atoms with Gasteiger partial charge in [0.2, 0.25) is 5.91 Å². The molecule has 7 nitrogen and oxygen atoms in total. The van der Waals surface area contributed by atoms with Gasteiger partial charge in [-0.15, -0.1) is 0 Å². The summed E-state index contributed by atoms with van der Waals surface area (Å²) in [5, 5.41) is 5.86. The van der Waals surface area contributed by atoms with E-state index in [9.17, 15) is 14.0 Å². The van der Waals surface area contributed by atoms with Crippen LogP contribution in [0.15, 0.2) is 67.0 Å². The number of nitrogens with zero attached hydrogens (tertiary/aromatic N) is 3. The minimum absolute atomic E-state index is 0.112. The van der Waals surface area contributed by atoms with Crippen LogP contribution in [0.5, 0.6) is 0 Å². The smallest absolute Gasteiger partial charge is 0.254 e. The zero-order valence-corrected chi connectivity index (χ0v) is 19.8. The highest BCUT2D eigenvalue weighted by Crippen LogP contribution is 2.38. The Labute approximate surface area is 200 Å². The third-order valence-corrected chi connectivity index (χ3v) is 6.25. The summed E-state index contributed by atoms with van der Waals surface area (Å²) in [7, 11) is 1.89. The average Bonchev–Trinajstić information content (AvgIpc) is 3.43. The van der Waals surface area contributed by atoms with E-state index < -0.39 is 23.7 Å². The highest BCUT2D eigenvalue weighted by Gasteiger charge is 2.27. The van der Waals surface area contributed by atoms with Crippen LogP contribution in [0, 0.1) is 11.7 Å². The summed E-state index contributed by atoms with van der Waals surface area (Å²) in [6.45, 7) is 3.62. The summed E-state index contributed by atoms with van der Waals surface area (Å²) in [4.78, 5) is 35.7. The number of carbonyl (C=O) groups is 2.